The summed E-state index contributed by atoms with van der Waals surface area (Å²) in [5.41, 5.74) is 1.83. The number of benzene rings is 2. The molecule has 0 aliphatic heterocycles. The van der Waals surface area contributed by atoms with Gasteiger partial charge in [0.15, 0.2) is 11.5 Å². The molecule has 0 saturated carbocycles. The van der Waals surface area contributed by atoms with Gasteiger partial charge < -0.3 is 24.2 Å². The van der Waals surface area contributed by atoms with E-state index < -0.39 is 0 Å². The SMILES string of the molecule is COc1ccc(-c2c(-c3cc(OC)c(OC)c(OC)c3)no[n+]2[O-])cc1. The number of aromatic nitrogens is 2. The van der Waals surface area contributed by atoms with Crippen molar-refractivity contribution in [1.29, 1.82) is 0 Å². The zero-order chi connectivity index (χ0) is 18.7. The number of rotatable bonds is 6. The predicted octanol–water partition coefficient (Wildman–Crippen LogP) is 2.68. The normalized spacial score (nSPS) is 10.5. The average molecular weight is 358 g/mol. The molecular formula is C18H18N2O6. The van der Waals surface area contributed by atoms with Gasteiger partial charge in [0.05, 0.1) is 28.4 Å². The first-order chi connectivity index (χ1) is 12.6. The van der Waals surface area contributed by atoms with Crippen LogP contribution in [-0.2, 0) is 0 Å². The van der Waals surface area contributed by atoms with Crippen molar-refractivity contribution >= 4 is 0 Å². The molecule has 0 unspecified atom stereocenters. The Morgan fingerprint density at radius 1 is 0.846 bits per heavy atom. The Kier molecular flexibility index (Phi) is 4.83. The number of hydrogen-bond donors (Lipinski definition) is 0. The monoisotopic (exact) mass is 358 g/mol. The van der Waals surface area contributed by atoms with E-state index in [1.807, 2.05) is 0 Å². The fraction of sp³-hybridized carbons (Fsp3) is 0.222. The van der Waals surface area contributed by atoms with Gasteiger partial charge in [0.1, 0.15) is 5.75 Å². The third-order valence-corrected chi connectivity index (χ3v) is 3.91. The van der Waals surface area contributed by atoms with Gasteiger partial charge in [-0.15, -0.1) is 0 Å². The molecule has 0 fully saturated rings. The molecule has 0 saturated heterocycles. The van der Waals surface area contributed by atoms with Gasteiger partial charge in [0.2, 0.25) is 11.4 Å². The summed E-state index contributed by atoms with van der Waals surface area (Å²) in [5.74, 6) is 2.02. The molecule has 26 heavy (non-hydrogen) atoms. The molecule has 0 amide bonds. The summed E-state index contributed by atoms with van der Waals surface area (Å²) in [6.45, 7) is 0. The van der Waals surface area contributed by atoms with E-state index in [4.69, 9.17) is 23.6 Å². The van der Waals surface area contributed by atoms with E-state index in [0.717, 1.165) is 0 Å². The summed E-state index contributed by atoms with van der Waals surface area (Å²) in [5, 5.41) is 16.1. The lowest BCUT2D eigenvalue weighted by Gasteiger charge is -2.12. The van der Waals surface area contributed by atoms with Crippen LogP contribution in [0.3, 0.4) is 0 Å². The molecule has 0 aliphatic carbocycles. The predicted molar refractivity (Wildman–Crippen MR) is 92.5 cm³/mol. The van der Waals surface area contributed by atoms with Gasteiger partial charge in [-0.2, -0.15) is 0 Å². The van der Waals surface area contributed by atoms with Crippen LogP contribution in [0.1, 0.15) is 0 Å². The third-order valence-electron chi connectivity index (χ3n) is 3.91. The van der Waals surface area contributed by atoms with Crippen LogP contribution in [-0.4, -0.2) is 33.6 Å². The maximum Gasteiger partial charge on any atom is 0.256 e. The number of nitrogens with zero attached hydrogens (tertiary/aromatic N) is 2. The van der Waals surface area contributed by atoms with Crippen molar-refractivity contribution in [3.8, 4) is 45.5 Å². The van der Waals surface area contributed by atoms with Gasteiger partial charge in [0.25, 0.3) is 5.69 Å². The highest BCUT2D eigenvalue weighted by atomic mass is 16.8. The Hall–Kier alpha value is -3.42. The summed E-state index contributed by atoms with van der Waals surface area (Å²) < 4.78 is 26.0. The van der Waals surface area contributed by atoms with Crippen LogP contribution in [0.15, 0.2) is 41.0 Å². The van der Waals surface area contributed by atoms with E-state index in [1.165, 1.54) is 21.3 Å². The maximum absolute atomic E-state index is 12.2. The van der Waals surface area contributed by atoms with Crippen molar-refractivity contribution in [2.75, 3.05) is 28.4 Å². The molecule has 0 spiro atoms. The molecule has 0 atom stereocenters. The van der Waals surface area contributed by atoms with Crippen molar-refractivity contribution in [3.63, 3.8) is 0 Å². The molecule has 8 nitrogen and oxygen atoms in total. The molecular weight excluding hydrogens is 340 g/mol. The van der Waals surface area contributed by atoms with Crippen LogP contribution in [0.25, 0.3) is 22.5 Å². The lowest BCUT2D eigenvalue weighted by molar-refractivity contribution is -0.793. The summed E-state index contributed by atoms with van der Waals surface area (Å²) in [4.78, 5) is 0.361. The van der Waals surface area contributed by atoms with Gasteiger partial charge in [0, 0.05) is 16.3 Å². The van der Waals surface area contributed by atoms with E-state index in [-0.39, 0.29) is 5.69 Å². The molecule has 0 bridgehead atoms. The highest BCUT2D eigenvalue weighted by molar-refractivity contribution is 5.78. The Bertz CT molecular complexity index is 880. The van der Waals surface area contributed by atoms with Gasteiger partial charge in [-0.3, -0.25) is 4.63 Å². The second kappa shape index (κ2) is 7.22. The standard InChI is InChI=1S/C18H18N2O6/c1-22-13-7-5-11(6-8-13)17-16(19-26-20(17)21)12-9-14(23-2)18(25-4)15(10-12)24-3/h5-10H,1-4H3. The summed E-state index contributed by atoms with van der Waals surface area (Å²) >= 11 is 0. The van der Waals surface area contributed by atoms with Crippen LogP contribution in [0.5, 0.6) is 23.0 Å². The Balaban J connectivity index is 2.16. The summed E-state index contributed by atoms with van der Waals surface area (Å²) in [6.07, 6.45) is 0. The minimum absolute atomic E-state index is 0.266. The van der Waals surface area contributed by atoms with Crippen molar-refractivity contribution in [2.45, 2.75) is 0 Å². The molecule has 0 N–H and O–H groups in total. The van der Waals surface area contributed by atoms with Crippen molar-refractivity contribution < 1.29 is 28.5 Å². The Morgan fingerprint density at radius 2 is 1.46 bits per heavy atom. The fourth-order valence-electron chi connectivity index (χ4n) is 2.65. The summed E-state index contributed by atoms with van der Waals surface area (Å²) in [7, 11) is 6.12. The number of ether oxygens (including phenoxy) is 4. The van der Waals surface area contributed by atoms with Crippen LogP contribution < -0.4 is 23.9 Å². The molecule has 8 heteroatoms. The summed E-state index contributed by atoms with van der Waals surface area (Å²) in [6, 6.07) is 10.4. The quantitative estimate of drug-likeness (QED) is 0.626. The highest BCUT2D eigenvalue weighted by Gasteiger charge is 2.26. The first-order valence-electron chi connectivity index (χ1n) is 7.67. The zero-order valence-corrected chi connectivity index (χ0v) is 14.8. The minimum Gasteiger partial charge on any atom is -0.497 e. The third kappa shape index (κ3) is 2.97. The number of methoxy groups -OCH3 is 4. The zero-order valence-electron chi connectivity index (χ0n) is 14.8. The van der Waals surface area contributed by atoms with Crippen LogP contribution in [0.2, 0.25) is 0 Å². The Labute approximate surface area is 150 Å². The van der Waals surface area contributed by atoms with Gasteiger partial charge >= 0.3 is 0 Å². The highest BCUT2D eigenvalue weighted by Crippen LogP contribution is 2.42. The smallest absolute Gasteiger partial charge is 0.256 e. The van der Waals surface area contributed by atoms with Crippen molar-refractivity contribution in [2.24, 2.45) is 0 Å². The van der Waals surface area contributed by atoms with Crippen molar-refractivity contribution in [3.05, 3.63) is 41.6 Å². The Morgan fingerprint density at radius 3 is 1.96 bits per heavy atom. The molecule has 3 aromatic rings. The van der Waals surface area contributed by atoms with E-state index >= 15 is 0 Å². The fourth-order valence-corrected chi connectivity index (χ4v) is 2.65. The number of hydrogen-bond acceptors (Lipinski definition) is 7. The first-order valence-corrected chi connectivity index (χ1v) is 7.67. The molecule has 136 valence electrons. The van der Waals surface area contributed by atoms with Crippen LogP contribution in [0.4, 0.5) is 0 Å². The molecule has 1 heterocycles. The van der Waals surface area contributed by atoms with E-state index in [1.54, 1.807) is 43.5 Å². The molecule has 2 aromatic carbocycles. The van der Waals surface area contributed by atoms with E-state index in [9.17, 15) is 5.21 Å². The molecule has 1 aromatic heterocycles. The molecule has 3 rings (SSSR count). The van der Waals surface area contributed by atoms with Crippen molar-refractivity contribution in [1.82, 2.24) is 5.16 Å². The van der Waals surface area contributed by atoms with Crippen LogP contribution in [0, 0.1) is 5.21 Å². The maximum atomic E-state index is 12.2. The second-order valence-electron chi connectivity index (χ2n) is 5.27. The lowest BCUT2D eigenvalue weighted by Crippen LogP contribution is -2.25. The van der Waals surface area contributed by atoms with Crippen LogP contribution >= 0.6 is 0 Å². The van der Waals surface area contributed by atoms with Gasteiger partial charge in [-0.1, -0.05) is 0 Å². The molecule has 0 aliphatic rings. The van der Waals surface area contributed by atoms with Gasteiger partial charge in [-0.25, -0.2) is 0 Å². The minimum atomic E-state index is 0.266. The van der Waals surface area contributed by atoms with Gasteiger partial charge in [-0.05, 0) is 41.3 Å². The van der Waals surface area contributed by atoms with E-state index in [2.05, 4.69) is 5.16 Å². The lowest BCUT2D eigenvalue weighted by atomic mass is 10.0. The van der Waals surface area contributed by atoms with E-state index in [0.29, 0.717) is 44.7 Å². The largest absolute Gasteiger partial charge is 0.497 e. The average Bonchev–Trinajstić information content (AvgIpc) is 3.08. The topological polar surface area (TPSA) is 89.9 Å². The molecule has 0 radical (unpaired) electrons. The second-order valence-corrected chi connectivity index (χ2v) is 5.27. The first kappa shape index (κ1) is 17.4.